The third-order valence-corrected chi connectivity index (χ3v) is 13.3. The van der Waals surface area contributed by atoms with Crippen molar-refractivity contribution in [3.05, 3.63) is 267 Å². The Kier molecular flexibility index (Phi) is 9.97. The summed E-state index contributed by atoms with van der Waals surface area (Å²) in [6, 6.07) is 98.1. The molecular formula is C66H44. The van der Waals surface area contributed by atoms with Crippen molar-refractivity contribution < 1.29 is 0 Å². The first-order chi connectivity index (χ1) is 32.8. The molecule has 0 saturated heterocycles. The molecule has 66 heavy (non-hydrogen) atoms. The molecule has 12 aromatic carbocycles. The Labute approximate surface area is 386 Å². The second kappa shape index (κ2) is 16.8. The summed E-state index contributed by atoms with van der Waals surface area (Å²) in [5.41, 5.74) is 19.2. The van der Waals surface area contributed by atoms with Gasteiger partial charge in [-0.05, 0) is 133 Å². The normalized spacial score (nSPS) is 11.3. The molecule has 0 spiro atoms. The zero-order chi connectivity index (χ0) is 43.8. The van der Waals surface area contributed by atoms with Gasteiger partial charge in [0.25, 0.3) is 0 Å². The summed E-state index contributed by atoms with van der Waals surface area (Å²) >= 11 is 0. The van der Waals surface area contributed by atoms with Gasteiger partial charge in [0.1, 0.15) is 0 Å². The number of rotatable bonds is 8. The van der Waals surface area contributed by atoms with Crippen LogP contribution in [-0.2, 0) is 0 Å². The maximum Gasteiger partial charge on any atom is -0.000116 e. The van der Waals surface area contributed by atoms with Crippen LogP contribution in [0.3, 0.4) is 0 Å². The molecule has 12 aromatic rings. The third-order valence-electron chi connectivity index (χ3n) is 13.3. The molecule has 0 unspecified atom stereocenters. The second-order valence-corrected chi connectivity index (χ2v) is 17.0. The van der Waals surface area contributed by atoms with Crippen molar-refractivity contribution in [2.24, 2.45) is 0 Å². The molecule has 0 fully saturated rings. The SMILES string of the molecule is c1ccc(-c2cc3c(-c4ccccc4)c4c(-c5ccccc5-c5ccccc5)c5ccccc5c(-c5ccccc5-c5ccccc5)c4c(-c4ccccc4)c3cc2-c2ccccc2)cc1. The lowest BCUT2D eigenvalue weighted by molar-refractivity contribution is 1.59. The number of benzene rings is 12. The smallest absolute Gasteiger partial charge is 0.000116 e. The number of fused-ring (bicyclic) bond motifs is 3. The number of hydrogen-bond acceptors (Lipinski definition) is 0. The highest BCUT2D eigenvalue weighted by Crippen LogP contribution is 2.56. The van der Waals surface area contributed by atoms with Gasteiger partial charge in [-0.25, -0.2) is 0 Å². The summed E-state index contributed by atoms with van der Waals surface area (Å²) in [5, 5.41) is 7.32. The van der Waals surface area contributed by atoms with E-state index in [0.29, 0.717) is 0 Å². The van der Waals surface area contributed by atoms with Gasteiger partial charge in [-0.3, -0.25) is 0 Å². The lowest BCUT2D eigenvalue weighted by atomic mass is 9.75. The summed E-state index contributed by atoms with van der Waals surface area (Å²) in [7, 11) is 0. The van der Waals surface area contributed by atoms with Gasteiger partial charge in [0.2, 0.25) is 0 Å². The summed E-state index contributed by atoms with van der Waals surface area (Å²) in [4.78, 5) is 0. The standard InChI is InChI=1S/C66H44/c1-7-25-45(26-8-1)51-37-19-21-39-53(51)63-55-41-23-24-42-56(55)64(54-40-22-20-38-52(54)46-27-9-2-10-28-46)66-62(50-35-17-6-18-36-50)60-44-58(48-31-13-4-14-32-48)57(47-29-11-3-12-30-47)43-59(60)61(65(63)66)49-33-15-5-16-34-49/h1-44H. The van der Waals surface area contributed by atoms with Crippen molar-refractivity contribution in [1.82, 2.24) is 0 Å². The average molecular weight is 837 g/mol. The maximum atomic E-state index is 2.50. The van der Waals surface area contributed by atoms with E-state index >= 15 is 0 Å². The molecule has 0 atom stereocenters. The van der Waals surface area contributed by atoms with Crippen molar-refractivity contribution in [3.63, 3.8) is 0 Å². The highest BCUT2D eigenvalue weighted by Gasteiger charge is 2.29. The van der Waals surface area contributed by atoms with Crippen LogP contribution in [0.1, 0.15) is 0 Å². The van der Waals surface area contributed by atoms with Gasteiger partial charge in [-0.15, -0.1) is 0 Å². The van der Waals surface area contributed by atoms with Crippen LogP contribution in [0.2, 0.25) is 0 Å². The Hall–Kier alpha value is -8.58. The summed E-state index contributed by atoms with van der Waals surface area (Å²) in [5.74, 6) is 0. The van der Waals surface area contributed by atoms with Crippen LogP contribution in [0.4, 0.5) is 0 Å². The van der Waals surface area contributed by atoms with Crippen LogP contribution in [0.15, 0.2) is 267 Å². The summed E-state index contributed by atoms with van der Waals surface area (Å²) in [6.45, 7) is 0. The monoisotopic (exact) mass is 836 g/mol. The summed E-state index contributed by atoms with van der Waals surface area (Å²) in [6.07, 6.45) is 0. The Morgan fingerprint density at radius 2 is 0.394 bits per heavy atom. The van der Waals surface area contributed by atoms with Crippen molar-refractivity contribution in [1.29, 1.82) is 0 Å². The van der Waals surface area contributed by atoms with Crippen LogP contribution in [0, 0.1) is 0 Å². The average Bonchev–Trinajstić information content (AvgIpc) is 3.40. The second-order valence-electron chi connectivity index (χ2n) is 17.0. The lowest BCUT2D eigenvalue weighted by Gasteiger charge is -2.27. The predicted molar refractivity (Wildman–Crippen MR) is 282 cm³/mol. The van der Waals surface area contributed by atoms with Crippen molar-refractivity contribution >= 4 is 32.3 Å². The van der Waals surface area contributed by atoms with Crippen LogP contribution in [0.25, 0.3) is 121 Å². The van der Waals surface area contributed by atoms with E-state index in [4.69, 9.17) is 0 Å². The van der Waals surface area contributed by atoms with E-state index in [1.54, 1.807) is 0 Å². The van der Waals surface area contributed by atoms with E-state index in [0.717, 1.165) is 0 Å². The van der Waals surface area contributed by atoms with Gasteiger partial charge >= 0.3 is 0 Å². The molecule has 0 heterocycles. The Morgan fingerprint density at radius 3 is 0.712 bits per heavy atom. The molecule has 0 bridgehead atoms. The highest BCUT2D eigenvalue weighted by atomic mass is 14.3. The molecule has 0 aromatic heterocycles. The predicted octanol–water partition coefficient (Wildman–Crippen LogP) is 18.5. The van der Waals surface area contributed by atoms with Crippen LogP contribution in [0.5, 0.6) is 0 Å². The topological polar surface area (TPSA) is 0 Å². The largest absolute Gasteiger partial charge is 0.0622 e. The van der Waals surface area contributed by atoms with Crippen LogP contribution < -0.4 is 0 Å². The fraction of sp³-hybridized carbons (Fsp3) is 0. The fourth-order valence-electron chi connectivity index (χ4n) is 10.4. The lowest BCUT2D eigenvalue weighted by Crippen LogP contribution is -2.00. The minimum Gasteiger partial charge on any atom is -0.0622 e. The molecule has 0 aliphatic rings. The van der Waals surface area contributed by atoms with Crippen LogP contribution >= 0.6 is 0 Å². The minimum absolute atomic E-state index is 1.18. The van der Waals surface area contributed by atoms with E-state index in [9.17, 15) is 0 Å². The van der Waals surface area contributed by atoms with Gasteiger partial charge in [-0.2, -0.15) is 0 Å². The number of hydrogen-bond donors (Lipinski definition) is 0. The maximum absolute atomic E-state index is 2.50. The van der Waals surface area contributed by atoms with E-state index in [1.165, 1.54) is 121 Å². The van der Waals surface area contributed by atoms with E-state index in [1.807, 2.05) is 0 Å². The van der Waals surface area contributed by atoms with Gasteiger partial charge in [0, 0.05) is 0 Å². The first-order valence-electron chi connectivity index (χ1n) is 22.9. The first kappa shape index (κ1) is 39.0. The molecule has 0 aliphatic carbocycles. The zero-order valence-electron chi connectivity index (χ0n) is 36.4. The van der Waals surface area contributed by atoms with Gasteiger partial charge < -0.3 is 0 Å². The molecular weight excluding hydrogens is 793 g/mol. The molecule has 308 valence electrons. The Balaban J connectivity index is 1.41. The fourth-order valence-corrected chi connectivity index (χ4v) is 10.4. The third kappa shape index (κ3) is 6.71. The summed E-state index contributed by atoms with van der Waals surface area (Å²) < 4.78 is 0. The molecule has 0 amide bonds. The Morgan fingerprint density at radius 1 is 0.152 bits per heavy atom. The van der Waals surface area contributed by atoms with Gasteiger partial charge in [0.15, 0.2) is 0 Å². The molecule has 12 rings (SSSR count). The van der Waals surface area contributed by atoms with E-state index < -0.39 is 0 Å². The quantitative estimate of drug-likeness (QED) is 0.134. The minimum atomic E-state index is 1.18. The molecule has 0 aliphatic heterocycles. The van der Waals surface area contributed by atoms with Crippen molar-refractivity contribution in [2.45, 2.75) is 0 Å². The van der Waals surface area contributed by atoms with Crippen molar-refractivity contribution in [3.8, 4) is 89.0 Å². The zero-order valence-corrected chi connectivity index (χ0v) is 36.4. The van der Waals surface area contributed by atoms with Gasteiger partial charge in [-0.1, -0.05) is 255 Å². The molecule has 0 saturated carbocycles. The van der Waals surface area contributed by atoms with Crippen molar-refractivity contribution in [2.75, 3.05) is 0 Å². The van der Waals surface area contributed by atoms with Crippen LogP contribution in [-0.4, -0.2) is 0 Å². The molecule has 0 radical (unpaired) electrons. The first-order valence-corrected chi connectivity index (χ1v) is 22.9. The highest BCUT2D eigenvalue weighted by molar-refractivity contribution is 6.35. The molecule has 0 heteroatoms. The molecule has 0 N–H and O–H groups in total. The van der Waals surface area contributed by atoms with E-state index in [-0.39, 0.29) is 0 Å². The van der Waals surface area contributed by atoms with Gasteiger partial charge in [0.05, 0.1) is 0 Å². The Bertz CT molecular complexity index is 3440. The van der Waals surface area contributed by atoms with E-state index in [2.05, 4.69) is 267 Å². The molecule has 0 nitrogen and oxygen atoms in total.